The molecule has 8 heteroatoms. The number of nitrogens with zero attached hydrogens (tertiary/aromatic N) is 7. The average molecular weight is 341 g/mol. The van der Waals surface area contributed by atoms with Crippen molar-refractivity contribution in [3.05, 3.63) is 30.5 Å². The SMILES string of the molecule is O=C(c1ccc(-n2cncn2)nn1)N1CCN(C2CCCCC2)CC1. The monoisotopic (exact) mass is 341 g/mol. The summed E-state index contributed by atoms with van der Waals surface area (Å²) in [5.74, 6) is 0.511. The average Bonchev–Trinajstić information content (AvgIpc) is 3.23. The van der Waals surface area contributed by atoms with Crippen LogP contribution in [0, 0.1) is 0 Å². The molecule has 0 atom stereocenters. The molecule has 1 saturated heterocycles. The summed E-state index contributed by atoms with van der Waals surface area (Å²) >= 11 is 0. The summed E-state index contributed by atoms with van der Waals surface area (Å²) in [6.45, 7) is 3.45. The Morgan fingerprint density at radius 3 is 2.44 bits per heavy atom. The largest absolute Gasteiger partial charge is 0.335 e. The van der Waals surface area contributed by atoms with Crippen molar-refractivity contribution in [2.45, 2.75) is 38.1 Å². The number of amides is 1. The maximum absolute atomic E-state index is 12.7. The second kappa shape index (κ2) is 7.26. The Morgan fingerprint density at radius 1 is 1.00 bits per heavy atom. The number of hydrogen-bond donors (Lipinski definition) is 0. The normalized spacial score (nSPS) is 19.9. The van der Waals surface area contributed by atoms with Gasteiger partial charge in [-0.1, -0.05) is 19.3 Å². The third-order valence-electron chi connectivity index (χ3n) is 5.22. The number of carbonyl (C=O) groups excluding carboxylic acids is 1. The first-order chi connectivity index (χ1) is 12.3. The summed E-state index contributed by atoms with van der Waals surface area (Å²) in [6, 6.07) is 4.17. The topological polar surface area (TPSA) is 80.0 Å². The van der Waals surface area contributed by atoms with E-state index in [9.17, 15) is 4.79 Å². The maximum atomic E-state index is 12.7. The first-order valence-electron chi connectivity index (χ1n) is 9.03. The van der Waals surface area contributed by atoms with Gasteiger partial charge in [0.1, 0.15) is 12.7 Å². The van der Waals surface area contributed by atoms with E-state index in [0.717, 1.165) is 26.2 Å². The van der Waals surface area contributed by atoms with Gasteiger partial charge in [-0.2, -0.15) is 5.10 Å². The van der Waals surface area contributed by atoms with E-state index in [2.05, 4.69) is 25.2 Å². The fourth-order valence-corrected chi connectivity index (χ4v) is 3.79. The van der Waals surface area contributed by atoms with Crippen LogP contribution in [0.4, 0.5) is 0 Å². The molecule has 132 valence electrons. The molecule has 8 nitrogen and oxygen atoms in total. The molecule has 25 heavy (non-hydrogen) atoms. The summed E-state index contributed by atoms with van der Waals surface area (Å²) in [4.78, 5) is 21.0. The minimum atomic E-state index is -0.0408. The number of piperazine rings is 1. The third kappa shape index (κ3) is 3.53. The summed E-state index contributed by atoms with van der Waals surface area (Å²) in [5, 5.41) is 12.2. The molecule has 1 aliphatic heterocycles. The molecule has 0 spiro atoms. The Bertz CT molecular complexity index is 686. The van der Waals surface area contributed by atoms with Crippen LogP contribution in [0.2, 0.25) is 0 Å². The smallest absolute Gasteiger partial charge is 0.274 e. The summed E-state index contributed by atoms with van der Waals surface area (Å²) in [5.41, 5.74) is 0.384. The molecule has 0 N–H and O–H groups in total. The first kappa shape index (κ1) is 16.1. The maximum Gasteiger partial charge on any atom is 0.274 e. The zero-order chi connectivity index (χ0) is 17.1. The molecular formula is C17H23N7O. The lowest BCUT2D eigenvalue weighted by atomic mass is 9.94. The molecule has 3 heterocycles. The van der Waals surface area contributed by atoms with Crippen molar-refractivity contribution in [3.8, 4) is 5.82 Å². The van der Waals surface area contributed by atoms with E-state index >= 15 is 0 Å². The van der Waals surface area contributed by atoms with E-state index in [1.807, 2.05) is 4.90 Å². The van der Waals surface area contributed by atoms with Crippen LogP contribution in [0.1, 0.15) is 42.6 Å². The molecule has 1 amide bonds. The molecule has 1 aliphatic carbocycles. The van der Waals surface area contributed by atoms with Crippen molar-refractivity contribution in [2.24, 2.45) is 0 Å². The van der Waals surface area contributed by atoms with Gasteiger partial charge in [0.15, 0.2) is 11.5 Å². The van der Waals surface area contributed by atoms with Gasteiger partial charge in [0.25, 0.3) is 5.91 Å². The fourth-order valence-electron chi connectivity index (χ4n) is 3.79. The van der Waals surface area contributed by atoms with E-state index < -0.39 is 0 Å². The molecule has 2 aliphatic rings. The highest BCUT2D eigenvalue weighted by atomic mass is 16.2. The van der Waals surface area contributed by atoms with E-state index in [1.54, 1.807) is 18.5 Å². The molecule has 0 unspecified atom stereocenters. The van der Waals surface area contributed by atoms with Gasteiger partial charge >= 0.3 is 0 Å². The highest BCUT2D eigenvalue weighted by Gasteiger charge is 2.28. The molecule has 0 aromatic carbocycles. The number of rotatable bonds is 3. The zero-order valence-corrected chi connectivity index (χ0v) is 14.3. The highest BCUT2D eigenvalue weighted by molar-refractivity contribution is 5.92. The lowest BCUT2D eigenvalue weighted by Crippen LogP contribution is -2.52. The van der Waals surface area contributed by atoms with Crippen molar-refractivity contribution < 1.29 is 4.79 Å². The van der Waals surface area contributed by atoms with Gasteiger partial charge in [-0.3, -0.25) is 9.69 Å². The van der Waals surface area contributed by atoms with Gasteiger partial charge < -0.3 is 4.90 Å². The van der Waals surface area contributed by atoms with Crippen LogP contribution in [-0.2, 0) is 0 Å². The molecule has 1 saturated carbocycles. The number of hydrogen-bond acceptors (Lipinski definition) is 6. The molecule has 0 bridgehead atoms. The molecule has 0 radical (unpaired) electrons. The Morgan fingerprint density at radius 2 is 1.80 bits per heavy atom. The van der Waals surface area contributed by atoms with Crippen LogP contribution in [0.3, 0.4) is 0 Å². The minimum Gasteiger partial charge on any atom is -0.335 e. The lowest BCUT2D eigenvalue weighted by Gasteiger charge is -2.40. The molecule has 2 aromatic heterocycles. The van der Waals surface area contributed by atoms with Crippen molar-refractivity contribution in [1.29, 1.82) is 0 Å². The van der Waals surface area contributed by atoms with Crippen LogP contribution in [0.5, 0.6) is 0 Å². The Labute approximate surface area is 146 Å². The van der Waals surface area contributed by atoms with Gasteiger partial charge in [-0.05, 0) is 25.0 Å². The van der Waals surface area contributed by atoms with Crippen LogP contribution >= 0.6 is 0 Å². The zero-order valence-electron chi connectivity index (χ0n) is 14.3. The van der Waals surface area contributed by atoms with E-state index in [4.69, 9.17) is 0 Å². The molecular weight excluding hydrogens is 318 g/mol. The van der Waals surface area contributed by atoms with Crippen LogP contribution < -0.4 is 0 Å². The second-order valence-electron chi connectivity index (χ2n) is 6.74. The second-order valence-corrected chi connectivity index (χ2v) is 6.74. The third-order valence-corrected chi connectivity index (χ3v) is 5.22. The number of carbonyl (C=O) groups is 1. The van der Waals surface area contributed by atoms with Crippen molar-refractivity contribution >= 4 is 5.91 Å². The summed E-state index contributed by atoms with van der Waals surface area (Å²) in [6.07, 6.45) is 9.67. The highest BCUT2D eigenvalue weighted by Crippen LogP contribution is 2.23. The van der Waals surface area contributed by atoms with Crippen LogP contribution in [0.15, 0.2) is 24.8 Å². The molecule has 4 rings (SSSR count). The van der Waals surface area contributed by atoms with Crippen LogP contribution in [-0.4, -0.2) is 72.9 Å². The lowest BCUT2D eigenvalue weighted by molar-refractivity contribution is 0.0517. The summed E-state index contributed by atoms with van der Waals surface area (Å²) < 4.78 is 1.52. The Hall–Kier alpha value is -2.35. The minimum absolute atomic E-state index is 0.0408. The summed E-state index contributed by atoms with van der Waals surface area (Å²) in [7, 11) is 0. The van der Waals surface area contributed by atoms with Crippen molar-refractivity contribution in [2.75, 3.05) is 26.2 Å². The van der Waals surface area contributed by atoms with Crippen molar-refractivity contribution in [3.63, 3.8) is 0 Å². The van der Waals surface area contributed by atoms with Gasteiger partial charge in [-0.25, -0.2) is 9.67 Å². The Balaban J connectivity index is 1.35. The van der Waals surface area contributed by atoms with Gasteiger partial charge in [0.05, 0.1) is 0 Å². The predicted octanol–water partition coefficient (Wildman–Crippen LogP) is 1.15. The van der Waals surface area contributed by atoms with Gasteiger partial charge in [0, 0.05) is 32.2 Å². The van der Waals surface area contributed by atoms with E-state index in [-0.39, 0.29) is 5.91 Å². The van der Waals surface area contributed by atoms with E-state index in [0.29, 0.717) is 17.6 Å². The van der Waals surface area contributed by atoms with Crippen LogP contribution in [0.25, 0.3) is 5.82 Å². The fraction of sp³-hybridized carbons (Fsp3) is 0.588. The van der Waals surface area contributed by atoms with E-state index in [1.165, 1.54) is 43.1 Å². The first-order valence-corrected chi connectivity index (χ1v) is 9.03. The Kier molecular flexibility index (Phi) is 4.69. The van der Waals surface area contributed by atoms with Gasteiger partial charge in [-0.15, -0.1) is 10.2 Å². The standard InChI is InChI=1S/C17H23N7O/c25-17(15-6-7-16(21-20-15)24-13-18-12-19-24)23-10-8-22(9-11-23)14-4-2-1-3-5-14/h6-7,12-14H,1-5,8-11H2. The molecule has 2 fully saturated rings. The quantitative estimate of drug-likeness (QED) is 0.833. The number of aromatic nitrogens is 5. The predicted molar refractivity (Wildman–Crippen MR) is 91.3 cm³/mol. The molecule has 2 aromatic rings. The van der Waals surface area contributed by atoms with Gasteiger partial charge in [0.2, 0.25) is 0 Å². The van der Waals surface area contributed by atoms with Crippen molar-refractivity contribution in [1.82, 2.24) is 34.8 Å².